The van der Waals surface area contributed by atoms with E-state index < -0.39 is 0 Å². The summed E-state index contributed by atoms with van der Waals surface area (Å²) in [5.41, 5.74) is 2.44. The van der Waals surface area contributed by atoms with Crippen LogP contribution in [0.4, 0.5) is 11.4 Å². The highest BCUT2D eigenvalue weighted by Gasteiger charge is 2.24. The maximum absolute atomic E-state index is 5.81. The Morgan fingerprint density at radius 1 is 1.21 bits per heavy atom. The highest BCUT2D eigenvalue weighted by Crippen LogP contribution is 2.24. The van der Waals surface area contributed by atoms with Crippen molar-refractivity contribution in [1.29, 1.82) is 0 Å². The molecule has 0 aromatic heterocycles. The molecule has 1 aliphatic heterocycles. The van der Waals surface area contributed by atoms with Gasteiger partial charge in [-0.2, -0.15) is 0 Å². The van der Waals surface area contributed by atoms with Gasteiger partial charge in [0.15, 0.2) is 0 Å². The summed E-state index contributed by atoms with van der Waals surface area (Å²) in [5, 5.41) is 3.63. The monoisotopic (exact) mass is 262 g/mol. The first kappa shape index (κ1) is 14.2. The largest absolute Gasteiger partial charge is 0.382 e. The Balaban J connectivity index is 1.93. The van der Waals surface area contributed by atoms with Crippen molar-refractivity contribution in [3.63, 3.8) is 0 Å². The van der Waals surface area contributed by atoms with Gasteiger partial charge < -0.3 is 15.0 Å². The smallest absolute Gasteiger partial charge is 0.0617 e. The standard InChI is InChI=1S/C16H26N2O/c1-12(2)16-11-14(9-10-19-16)17-13-5-7-15(8-6-13)18(3)4/h5-8,12,14,16-17H,9-11H2,1-4H3. The lowest BCUT2D eigenvalue weighted by Crippen LogP contribution is -2.36. The Hall–Kier alpha value is -1.22. The van der Waals surface area contributed by atoms with Crippen molar-refractivity contribution in [2.75, 3.05) is 30.9 Å². The van der Waals surface area contributed by atoms with E-state index in [-0.39, 0.29) is 0 Å². The van der Waals surface area contributed by atoms with E-state index in [4.69, 9.17) is 4.74 Å². The van der Waals surface area contributed by atoms with Gasteiger partial charge >= 0.3 is 0 Å². The summed E-state index contributed by atoms with van der Waals surface area (Å²) in [5.74, 6) is 0.598. The highest BCUT2D eigenvalue weighted by atomic mass is 16.5. The average Bonchev–Trinajstić information content (AvgIpc) is 2.39. The maximum atomic E-state index is 5.81. The summed E-state index contributed by atoms with van der Waals surface area (Å²) in [6.45, 7) is 5.34. The third kappa shape index (κ3) is 3.87. The summed E-state index contributed by atoms with van der Waals surface area (Å²) in [6, 6.07) is 9.17. The molecule has 1 fully saturated rings. The van der Waals surface area contributed by atoms with E-state index in [1.807, 2.05) is 0 Å². The zero-order valence-corrected chi connectivity index (χ0v) is 12.5. The fourth-order valence-corrected chi connectivity index (χ4v) is 2.52. The molecule has 19 heavy (non-hydrogen) atoms. The second-order valence-electron chi connectivity index (χ2n) is 5.96. The van der Waals surface area contributed by atoms with Gasteiger partial charge in [-0.3, -0.25) is 0 Å². The van der Waals surface area contributed by atoms with E-state index in [0.717, 1.165) is 19.4 Å². The predicted octanol–water partition coefficient (Wildman–Crippen LogP) is 3.37. The minimum absolute atomic E-state index is 0.396. The second-order valence-corrected chi connectivity index (χ2v) is 5.96. The molecule has 1 aliphatic rings. The van der Waals surface area contributed by atoms with Gasteiger partial charge in [0.1, 0.15) is 0 Å². The van der Waals surface area contributed by atoms with Crippen molar-refractivity contribution in [1.82, 2.24) is 0 Å². The molecule has 3 nitrogen and oxygen atoms in total. The van der Waals surface area contributed by atoms with Crippen LogP contribution in [-0.2, 0) is 4.74 Å². The summed E-state index contributed by atoms with van der Waals surface area (Å²) < 4.78 is 5.81. The lowest BCUT2D eigenvalue weighted by Gasteiger charge is -2.33. The highest BCUT2D eigenvalue weighted by molar-refractivity contribution is 5.54. The zero-order chi connectivity index (χ0) is 13.8. The van der Waals surface area contributed by atoms with Crippen LogP contribution in [0, 0.1) is 5.92 Å². The molecule has 1 aromatic carbocycles. The third-order valence-electron chi connectivity index (χ3n) is 3.81. The van der Waals surface area contributed by atoms with Crippen molar-refractivity contribution in [3.8, 4) is 0 Å². The van der Waals surface area contributed by atoms with E-state index >= 15 is 0 Å². The molecule has 0 bridgehead atoms. The molecule has 1 N–H and O–H groups in total. The topological polar surface area (TPSA) is 24.5 Å². The molecule has 1 aromatic rings. The molecule has 0 radical (unpaired) electrons. The first-order valence-electron chi connectivity index (χ1n) is 7.22. The van der Waals surface area contributed by atoms with Crippen LogP contribution in [0.1, 0.15) is 26.7 Å². The van der Waals surface area contributed by atoms with Crippen LogP contribution in [0.25, 0.3) is 0 Å². The van der Waals surface area contributed by atoms with Gasteiger partial charge in [0.2, 0.25) is 0 Å². The van der Waals surface area contributed by atoms with E-state index in [1.54, 1.807) is 0 Å². The van der Waals surface area contributed by atoms with Crippen LogP contribution in [0.2, 0.25) is 0 Å². The number of anilines is 2. The Morgan fingerprint density at radius 3 is 2.47 bits per heavy atom. The van der Waals surface area contributed by atoms with Crippen LogP contribution in [0.3, 0.4) is 0 Å². The van der Waals surface area contributed by atoms with E-state index in [2.05, 4.69) is 62.4 Å². The molecule has 2 atom stereocenters. The summed E-state index contributed by atoms with van der Waals surface area (Å²) in [4.78, 5) is 2.12. The van der Waals surface area contributed by atoms with Crippen molar-refractivity contribution in [2.45, 2.75) is 38.8 Å². The van der Waals surface area contributed by atoms with Gasteiger partial charge in [-0.1, -0.05) is 13.8 Å². The number of nitrogens with zero attached hydrogens (tertiary/aromatic N) is 1. The fraction of sp³-hybridized carbons (Fsp3) is 0.625. The van der Waals surface area contributed by atoms with Crippen LogP contribution in [0.5, 0.6) is 0 Å². The molecule has 1 heterocycles. The molecule has 106 valence electrons. The van der Waals surface area contributed by atoms with Crippen LogP contribution < -0.4 is 10.2 Å². The molecular formula is C16H26N2O. The molecule has 1 saturated heterocycles. The van der Waals surface area contributed by atoms with Gasteiger partial charge in [-0.25, -0.2) is 0 Å². The number of hydrogen-bond donors (Lipinski definition) is 1. The number of ether oxygens (including phenoxy) is 1. The third-order valence-corrected chi connectivity index (χ3v) is 3.81. The number of rotatable bonds is 4. The number of hydrogen-bond acceptors (Lipinski definition) is 3. The minimum atomic E-state index is 0.396. The predicted molar refractivity (Wildman–Crippen MR) is 82.0 cm³/mol. The summed E-state index contributed by atoms with van der Waals surface area (Å²) in [6.07, 6.45) is 2.60. The van der Waals surface area contributed by atoms with Crippen molar-refractivity contribution in [2.24, 2.45) is 5.92 Å². The summed E-state index contributed by atoms with van der Waals surface area (Å²) in [7, 11) is 4.13. The van der Waals surface area contributed by atoms with Crippen LogP contribution in [0.15, 0.2) is 24.3 Å². The van der Waals surface area contributed by atoms with Gasteiger partial charge in [-0.15, -0.1) is 0 Å². The van der Waals surface area contributed by atoms with E-state index in [9.17, 15) is 0 Å². The number of benzene rings is 1. The first-order chi connectivity index (χ1) is 9.06. The molecule has 0 spiro atoms. The zero-order valence-electron chi connectivity index (χ0n) is 12.5. The maximum Gasteiger partial charge on any atom is 0.0617 e. The molecule has 2 rings (SSSR count). The average molecular weight is 262 g/mol. The molecular weight excluding hydrogens is 236 g/mol. The van der Waals surface area contributed by atoms with Crippen molar-refractivity contribution in [3.05, 3.63) is 24.3 Å². The van der Waals surface area contributed by atoms with Gasteiger partial charge in [0, 0.05) is 38.1 Å². The Labute approximate surface area is 116 Å². The molecule has 3 heteroatoms. The molecule has 2 unspecified atom stereocenters. The first-order valence-corrected chi connectivity index (χ1v) is 7.22. The number of nitrogens with one attached hydrogen (secondary N) is 1. The van der Waals surface area contributed by atoms with Crippen molar-refractivity contribution < 1.29 is 4.74 Å². The summed E-state index contributed by atoms with van der Waals surface area (Å²) >= 11 is 0. The van der Waals surface area contributed by atoms with Gasteiger partial charge in [0.05, 0.1) is 6.10 Å². The van der Waals surface area contributed by atoms with E-state index in [1.165, 1.54) is 11.4 Å². The Bertz CT molecular complexity index is 386. The second kappa shape index (κ2) is 6.29. The SMILES string of the molecule is CC(C)C1CC(Nc2ccc(N(C)C)cc2)CCO1. The molecule has 0 aliphatic carbocycles. The van der Waals surface area contributed by atoms with Crippen LogP contribution in [-0.4, -0.2) is 32.8 Å². The van der Waals surface area contributed by atoms with Crippen LogP contribution >= 0.6 is 0 Å². The minimum Gasteiger partial charge on any atom is -0.382 e. The van der Waals surface area contributed by atoms with Gasteiger partial charge in [-0.05, 0) is 43.0 Å². The van der Waals surface area contributed by atoms with Crippen molar-refractivity contribution >= 4 is 11.4 Å². The molecule has 0 amide bonds. The lowest BCUT2D eigenvalue weighted by molar-refractivity contribution is -0.0160. The fourth-order valence-electron chi connectivity index (χ4n) is 2.52. The van der Waals surface area contributed by atoms with E-state index in [0.29, 0.717) is 18.1 Å². The Kier molecular flexibility index (Phi) is 4.70. The van der Waals surface area contributed by atoms with Gasteiger partial charge in [0.25, 0.3) is 0 Å². The normalized spacial score (nSPS) is 23.4. The Morgan fingerprint density at radius 2 is 1.89 bits per heavy atom. The molecule has 0 saturated carbocycles. The quantitative estimate of drug-likeness (QED) is 0.900. The lowest BCUT2D eigenvalue weighted by atomic mass is 9.95.